The average molecular weight is 327 g/mol. The molecule has 2 aromatic rings. The second-order valence-electron chi connectivity index (χ2n) is 4.26. The molecule has 0 aliphatic rings. The van der Waals surface area contributed by atoms with Crippen LogP contribution in [0.4, 0.5) is 5.69 Å². The van der Waals surface area contributed by atoms with Crippen molar-refractivity contribution in [1.29, 1.82) is 0 Å². The molecule has 0 bridgehead atoms. The Labute approximate surface area is 134 Å². The van der Waals surface area contributed by atoms with Crippen LogP contribution < -0.4 is 14.8 Å². The molecular formula is C15H16Cl2N2O2. The standard InChI is InChI=1S/C15H16Cl2N2O2/c1-3-21-15-12(16)6-10(7-13(15)20-2)9-19-11-4-5-18-14(17)8-11/h4-8H,3,9H2,1-2H3,(H,18,19). The lowest BCUT2D eigenvalue weighted by Gasteiger charge is -2.14. The molecule has 6 heteroatoms. The van der Waals surface area contributed by atoms with Gasteiger partial charge >= 0.3 is 0 Å². The first-order valence-corrected chi connectivity index (χ1v) is 7.24. The Morgan fingerprint density at radius 1 is 1.24 bits per heavy atom. The van der Waals surface area contributed by atoms with Gasteiger partial charge in [-0.1, -0.05) is 23.2 Å². The predicted molar refractivity (Wildman–Crippen MR) is 85.7 cm³/mol. The van der Waals surface area contributed by atoms with E-state index >= 15 is 0 Å². The molecule has 21 heavy (non-hydrogen) atoms. The Hall–Kier alpha value is -1.65. The Balaban J connectivity index is 2.15. The maximum atomic E-state index is 6.24. The molecule has 0 spiro atoms. The van der Waals surface area contributed by atoms with Crippen LogP contribution in [-0.4, -0.2) is 18.7 Å². The van der Waals surface area contributed by atoms with E-state index in [1.165, 1.54) is 0 Å². The number of aromatic nitrogens is 1. The summed E-state index contributed by atoms with van der Waals surface area (Å²) >= 11 is 12.1. The van der Waals surface area contributed by atoms with E-state index in [1.807, 2.05) is 25.1 Å². The van der Waals surface area contributed by atoms with Gasteiger partial charge in [-0.2, -0.15) is 0 Å². The Bertz CT molecular complexity index is 621. The molecule has 0 unspecified atom stereocenters. The summed E-state index contributed by atoms with van der Waals surface area (Å²) in [4.78, 5) is 3.94. The van der Waals surface area contributed by atoms with Gasteiger partial charge in [0.15, 0.2) is 11.5 Å². The molecule has 1 N–H and O–H groups in total. The second-order valence-corrected chi connectivity index (χ2v) is 5.06. The van der Waals surface area contributed by atoms with Gasteiger partial charge in [-0.3, -0.25) is 0 Å². The molecular weight excluding hydrogens is 311 g/mol. The third-order valence-corrected chi connectivity index (χ3v) is 3.29. The van der Waals surface area contributed by atoms with E-state index in [2.05, 4.69) is 10.3 Å². The van der Waals surface area contributed by atoms with Gasteiger partial charge in [0.1, 0.15) is 5.15 Å². The van der Waals surface area contributed by atoms with Crippen molar-refractivity contribution in [3.63, 3.8) is 0 Å². The summed E-state index contributed by atoms with van der Waals surface area (Å²) in [6.45, 7) is 3.02. The number of anilines is 1. The number of hydrogen-bond donors (Lipinski definition) is 1. The van der Waals surface area contributed by atoms with E-state index in [0.717, 1.165) is 11.3 Å². The van der Waals surface area contributed by atoms with E-state index in [1.54, 1.807) is 19.4 Å². The average Bonchev–Trinajstić information content (AvgIpc) is 2.47. The number of pyridine rings is 1. The fourth-order valence-electron chi connectivity index (χ4n) is 1.88. The van der Waals surface area contributed by atoms with E-state index in [9.17, 15) is 0 Å². The summed E-state index contributed by atoms with van der Waals surface area (Å²) in [5, 5.41) is 4.23. The third-order valence-electron chi connectivity index (χ3n) is 2.80. The lowest BCUT2D eigenvalue weighted by atomic mass is 10.2. The number of benzene rings is 1. The van der Waals surface area contributed by atoms with Gasteiger partial charge in [0, 0.05) is 18.4 Å². The third kappa shape index (κ3) is 4.16. The molecule has 2 rings (SSSR count). The van der Waals surface area contributed by atoms with Crippen molar-refractivity contribution in [2.24, 2.45) is 0 Å². The van der Waals surface area contributed by atoms with Crippen LogP contribution in [0.2, 0.25) is 10.2 Å². The molecule has 0 saturated carbocycles. The first-order chi connectivity index (χ1) is 10.1. The highest BCUT2D eigenvalue weighted by Gasteiger charge is 2.11. The van der Waals surface area contributed by atoms with Crippen molar-refractivity contribution in [3.05, 3.63) is 46.2 Å². The molecule has 0 saturated heterocycles. The number of hydrogen-bond acceptors (Lipinski definition) is 4. The lowest BCUT2D eigenvalue weighted by Crippen LogP contribution is -2.02. The van der Waals surface area contributed by atoms with Crippen LogP contribution in [0, 0.1) is 0 Å². The fourth-order valence-corrected chi connectivity index (χ4v) is 2.34. The summed E-state index contributed by atoms with van der Waals surface area (Å²) in [5.74, 6) is 1.19. The summed E-state index contributed by atoms with van der Waals surface area (Å²) in [6.07, 6.45) is 1.65. The highest BCUT2D eigenvalue weighted by molar-refractivity contribution is 6.32. The van der Waals surface area contributed by atoms with Gasteiger partial charge in [-0.15, -0.1) is 0 Å². The van der Waals surface area contributed by atoms with Crippen molar-refractivity contribution in [2.45, 2.75) is 13.5 Å². The van der Waals surface area contributed by atoms with Crippen molar-refractivity contribution in [2.75, 3.05) is 19.0 Å². The van der Waals surface area contributed by atoms with Gasteiger partial charge in [0.25, 0.3) is 0 Å². The zero-order valence-corrected chi connectivity index (χ0v) is 13.3. The Morgan fingerprint density at radius 2 is 2.05 bits per heavy atom. The molecule has 112 valence electrons. The lowest BCUT2D eigenvalue weighted by molar-refractivity contribution is 0.311. The van der Waals surface area contributed by atoms with Crippen molar-refractivity contribution < 1.29 is 9.47 Å². The predicted octanol–water partition coefficient (Wildman–Crippen LogP) is 4.41. The SMILES string of the molecule is CCOc1c(Cl)cc(CNc2ccnc(Cl)c2)cc1OC. The first-order valence-electron chi connectivity index (χ1n) is 6.48. The first kappa shape index (κ1) is 15.7. The molecule has 0 radical (unpaired) electrons. The maximum Gasteiger partial charge on any atom is 0.179 e. The zero-order chi connectivity index (χ0) is 15.2. The molecule has 1 aromatic carbocycles. The van der Waals surface area contributed by atoms with Crippen LogP contribution in [0.5, 0.6) is 11.5 Å². The van der Waals surface area contributed by atoms with Crippen LogP contribution in [-0.2, 0) is 6.54 Å². The van der Waals surface area contributed by atoms with Crippen molar-refractivity contribution in [1.82, 2.24) is 4.98 Å². The normalized spacial score (nSPS) is 10.3. The number of ether oxygens (including phenoxy) is 2. The number of nitrogens with zero attached hydrogens (tertiary/aromatic N) is 1. The quantitative estimate of drug-likeness (QED) is 0.798. The minimum atomic E-state index is 0.447. The second kappa shape index (κ2) is 7.38. The van der Waals surface area contributed by atoms with Gasteiger partial charge in [-0.25, -0.2) is 4.98 Å². The van der Waals surface area contributed by atoms with Gasteiger partial charge < -0.3 is 14.8 Å². The van der Waals surface area contributed by atoms with E-state index < -0.39 is 0 Å². The molecule has 0 aliphatic heterocycles. The monoisotopic (exact) mass is 326 g/mol. The van der Waals surface area contributed by atoms with E-state index in [-0.39, 0.29) is 0 Å². The summed E-state index contributed by atoms with van der Waals surface area (Å²) < 4.78 is 10.8. The van der Waals surface area contributed by atoms with Crippen LogP contribution >= 0.6 is 23.2 Å². The van der Waals surface area contributed by atoms with E-state index in [0.29, 0.717) is 34.8 Å². The summed E-state index contributed by atoms with van der Waals surface area (Å²) in [6, 6.07) is 7.35. The topological polar surface area (TPSA) is 43.4 Å². The maximum absolute atomic E-state index is 6.24. The van der Waals surface area contributed by atoms with Crippen LogP contribution in [0.15, 0.2) is 30.5 Å². The van der Waals surface area contributed by atoms with Gasteiger partial charge in [0.2, 0.25) is 0 Å². The summed E-state index contributed by atoms with van der Waals surface area (Å²) in [7, 11) is 1.59. The Kier molecular flexibility index (Phi) is 5.53. The number of nitrogens with one attached hydrogen (secondary N) is 1. The minimum absolute atomic E-state index is 0.447. The highest BCUT2D eigenvalue weighted by atomic mass is 35.5. The van der Waals surface area contributed by atoms with Gasteiger partial charge in [-0.05, 0) is 36.8 Å². The zero-order valence-electron chi connectivity index (χ0n) is 11.8. The molecule has 0 fully saturated rings. The van der Waals surface area contributed by atoms with Crippen LogP contribution in [0.25, 0.3) is 0 Å². The number of halogens is 2. The minimum Gasteiger partial charge on any atom is -0.493 e. The van der Waals surface area contributed by atoms with Crippen molar-refractivity contribution in [3.8, 4) is 11.5 Å². The molecule has 0 amide bonds. The van der Waals surface area contributed by atoms with Gasteiger partial charge in [0.05, 0.1) is 18.7 Å². The van der Waals surface area contributed by atoms with Crippen LogP contribution in [0.1, 0.15) is 12.5 Å². The Morgan fingerprint density at radius 3 is 2.71 bits per heavy atom. The molecule has 1 aromatic heterocycles. The highest BCUT2D eigenvalue weighted by Crippen LogP contribution is 2.36. The van der Waals surface area contributed by atoms with Crippen molar-refractivity contribution >= 4 is 28.9 Å². The largest absolute Gasteiger partial charge is 0.493 e. The number of rotatable bonds is 6. The number of methoxy groups -OCH3 is 1. The molecule has 1 heterocycles. The summed E-state index contributed by atoms with van der Waals surface area (Å²) in [5.41, 5.74) is 1.87. The fraction of sp³-hybridized carbons (Fsp3) is 0.267. The molecule has 0 atom stereocenters. The smallest absolute Gasteiger partial charge is 0.179 e. The van der Waals surface area contributed by atoms with Crippen LogP contribution in [0.3, 0.4) is 0 Å². The molecule has 4 nitrogen and oxygen atoms in total. The van der Waals surface area contributed by atoms with E-state index in [4.69, 9.17) is 32.7 Å². The molecule has 0 aliphatic carbocycles.